The SMILES string of the molecule is CCCC(CNC(=O)OC(C)(C)C)NC(C)c1cnccn1. The van der Waals surface area contributed by atoms with E-state index in [1.807, 2.05) is 27.7 Å². The van der Waals surface area contributed by atoms with Crippen LogP contribution < -0.4 is 10.6 Å². The zero-order valence-corrected chi connectivity index (χ0v) is 14.2. The van der Waals surface area contributed by atoms with E-state index in [4.69, 9.17) is 4.74 Å². The van der Waals surface area contributed by atoms with Gasteiger partial charge in [-0.25, -0.2) is 4.79 Å². The van der Waals surface area contributed by atoms with Gasteiger partial charge in [-0.05, 0) is 34.1 Å². The molecule has 1 rings (SSSR count). The third kappa shape index (κ3) is 7.36. The second kappa shape index (κ2) is 8.68. The van der Waals surface area contributed by atoms with Gasteiger partial charge in [0.25, 0.3) is 0 Å². The molecule has 0 aliphatic rings. The highest BCUT2D eigenvalue weighted by Crippen LogP contribution is 2.10. The summed E-state index contributed by atoms with van der Waals surface area (Å²) in [6.07, 6.45) is 6.69. The third-order valence-corrected chi connectivity index (χ3v) is 3.04. The van der Waals surface area contributed by atoms with E-state index < -0.39 is 5.60 Å². The van der Waals surface area contributed by atoms with Crippen LogP contribution in [-0.2, 0) is 4.74 Å². The van der Waals surface area contributed by atoms with Gasteiger partial charge in [0.2, 0.25) is 0 Å². The van der Waals surface area contributed by atoms with E-state index in [-0.39, 0.29) is 18.2 Å². The lowest BCUT2D eigenvalue weighted by Gasteiger charge is -2.24. The van der Waals surface area contributed by atoms with E-state index in [0.717, 1.165) is 18.5 Å². The number of rotatable bonds is 7. The molecule has 124 valence electrons. The topological polar surface area (TPSA) is 76.1 Å². The fourth-order valence-electron chi connectivity index (χ4n) is 2.09. The minimum absolute atomic E-state index is 0.0747. The van der Waals surface area contributed by atoms with Gasteiger partial charge >= 0.3 is 6.09 Å². The van der Waals surface area contributed by atoms with E-state index >= 15 is 0 Å². The Balaban J connectivity index is 2.50. The van der Waals surface area contributed by atoms with Crippen LogP contribution in [0.15, 0.2) is 18.6 Å². The molecule has 0 radical (unpaired) electrons. The van der Waals surface area contributed by atoms with Crippen LogP contribution in [0.4, 0.5) is 4.79 Å². The first kappa shape index (κ1) is 18.4. The number of alkyl carbamates (subject to hydrolysis) is 1. The van der Waals surface area contributed by atoms with Gasteiger partial charge in [0.15, 0.2) is 0 Å². The van der Waals surface area contributed by atoms with Crippen LogP contribution >= 0.6 is 0 Å². The lowest BCUT2D eigenvalue weighted by molar-refractivity contribution is 0.0521. The van der Waals surface area contributed by atoms with Gasteiger partial charge in [0.05, 0.1) is 5.69 Å². The number of ether oxygens (including phenoxy) is 1. The number of aromatic nitrogens is 2. The summed E-state index contributed by atoms with van der Waals surface area (Å²) in [5.74, 6) is 0. The lowest BCUT2D eigenvalue weighted by atomic mass is 10.1. The maximum absolute atomic E-state index is 11.7. The maximum Gasteiger partial charge on any atom is 0.407 e. The highest BCUT2D eigenvalue weighted by atomic mass is 16.6. The minimum atomic E-state index is -0.481. The van der Waals surface area contributed by atoms with Crippen LogP contribution in [0.5, 0.6) is 0 Å². The molecule has 0 spiro atoms. The summed E-state index contributed by atoms with van der Waals surface area (Å²) < 4.78 is 5.26. The number of nitrogens with zero attached hydrogens (tertiary/aromatic N) is 2. The molecule has 1 amide bonds. The molecule has 0 aliphatic carbocycles. The van der Waals surface area contributed by atoms with Gasteiger partial charge in [0, 0.05) is 37.2 Å². The van der Waals surface area contributed by atoms with E-state index in [1.54, 1.807) is 18.6 Å². The maximum atomic E-state index is 11.7. The average Bonchev–Trinajstić information content (AvgIpc) is 2.44. The molecule has 2 atom stereocenters. The number of hydrogen-bond donors (Lipinski definition) is 2. The quantitative estimate of drug-likeness (QED) is 0.810. The summed E-state index contributed by atoms with van der Waals surface area (Å²) in [4.78, 5) is 20.1. The van der Waals surface area contributed by atoms with Gasteiger partial charge < -0.3 is 15.4 Å². The summed E-state index contributed by atoms with van der Waals surface area (Å²) in [5.41, 5.74) is 0.408. The number of carbonyl (C=O) groups excluding carboxylic acids is 1. The molecule has 1 aromatic heterocycles. The number of carbonyl (C=O) groups is 1. The molecule has 6 heteroatoms. The van der Waals surface area contributed by atoms with Crippen LogP contribution in [0, 0.1) is 0 Å². The van der Waals surface area contributed by atoms with Crippen LogP contribution in [0.25, 0.3) is 0 Å². The average molecular weight is 308 g/mol. The van der Waals surface area contributed by atoms with E-state index in [1.165, 1.54) is 0 Å². The molecule has 2 unspecified atom stereocenters. The van der Waals surface area contributed by atoms with Crippen LogP contribution in [0.1, 0.15) is 59.2 Å². The molecular formula is C16H28N4O2. The molecule has 1 aromatic rings. The molecule has 1 heterocycles. The molecule has 0 saturated heterocycles. The van der Waals surface area contributed by atoms with Gasteiger partial charge in [0.1, 0.15) is 5.60 Å². The largest absolute Gasteiger partial charge is 0.444 e. The fraction of sp³-hybridized carbons (Fsp3) is 0.688. The van der Waals surface area contributed by atoms with Gasteiger partial charge in [-0.3, -0.25) is 9.97 Å². The van der Waals surface area contributed by atoms with E-state index in [2.05, 4.69) is 27.5 Å². The predicted octanol–water partition coefficient (Wildman–Crippen LogP) is 2.82. The summed E-state index contributed by atoms with van der Waals surface area (Å²) >= 11 is 0. The summed E-state index contributed by atoms with van der Waals surface area (Å²) in [7, 11) is 0. The Labute approximate surface area is 133 Å². The van der Waals surface area contributed by atoms with Crippen molar-refractivity contribution in [1.82, 2.24) is 20.6 Å². The predicted molar refractivity (Wildman–Crippen MR) is 86.5 cm³/mol. The third-order valence-electron chi connectivity index (χ3n) is 3.04. The first-order valence-electron chi connectivity index (χ1n) is 7.80. The first-order valence-corrected chi connectivity index (χ1v) is 7.80. The first-order chi connectivity index (χ1) is 10.3. The smallest absolute Gasteiger partial charge is 0.407 e. The van der Waals surface area contributed by atoms with Crippen molar-refractivity contribution < 1.29 is 9.53 Å². The van der Waals surface area contributed by atoms with Crippen molar-refractivity contribution in [1.29, 1.82) is 0 Å². The Morgan fingerprint density at radius 3 is 2.64 bits per heavy atom. The van der Waals surface area contributed by atoms with Crippen LogP contribution in [-0.4, -0.2) is 34.2 Å². The van der Waals surface area contributed by atoms with Crippen molar-refractivity contribution in [2.75, 3.05) is 6.54 Å². The zero-order valence-electron chi connectivity index (χ0n) is 14.2. The molecule has 0 aliphatic heterocycles. The molecule has 0 saturated carbocycles. The monoisotopic (exact) mass is 308 g/mol. The second-order valence-corrected chi connectivity index (χ2v) is 6.39. The normalized spacial score (nSPS) is 14.2. The Morgan fingerprint density at radius 2 is 2.09 bits per heavy atom. The van der Waals surface area contributed by atoms with E-state index in [0.29, 0.717) is 6.54 Å². The molecule has 6 nitrogen and oxygen atoms in total. The Bertz CT molecular complexity index is 445. The van der Waals surface area contributed by atoms with Crippen molar-refractivity contribution in [2.45, 2.75) is 65.1 Å². The number of hydrogen-bond acceptors (Lipinski definition) is 5. The van der Waals surface area contributed by atoms with Gasteiger partial charge in [-0.2, -0.15) is 0 Å². The standard InChI is InChI=1S/C16H28N4O2/c1-6-7-13(10-19-15(21)22-16(3,4)5)20-12(2)14-11-17-8-9-18-14/h8-9,11-13,20H,6-7,10H2,1-5H3,(H,19,21). The lowest BCUT2D eigenvalue weighted by Crippen LogP contribution is -2.43. The van der Waals surface area contributed by atoms with Crippen LogP contribution in [0.2, 0.25) is 0 Å². The Hall–Kier alpha value is -1.69. The number of nitrogens with one attached hydrogen (secondary N) is 2. The van der Waals surface area contributed by atoms with Crippen LogP contribution in [0.3, 0.4) is 0 Å². The van der Waals surface area contributed by atoms with Crippen molar-refractivity contribution in [2.24, 2.45) is 0 Å². The molecule has 2 N–H and O–H groups in total. The second-order valence-electron chi connectivity index (χ2n) is 6.39. The van der Waals surface area contributed by atoms with Gasteiger partial charge in [-0.1, -0.05) is 13.3 Å². The molecule has 0 aromatic carbocycles. The highest BCUT2D eigenvalue weighted by molar-refractivity contribution is 5.67. The molecule has 0 fully saturated rings. The van der Waals surface area contributed by atoms with Crippen molar-refractivity contribution in [3.63, 3.8) is 0 Å². The molecular weight excluding hydrogens is 280 g/mol. The summed E-state index contributed by atoms with van der Waals surface area (Å²) in [6, 6.07) is 0.236. The Morgan fingerprint density at radius 1 is 1.36 bits per heavy atom. The van der Waals surface area contributed by atoms with Crippen molar-refractivity contribution >= 4 is 6.09 Å². The Kier molecular flexibility index (Phi) is 7.24. The number of amides is 1. The highest BCUT2D eigenvalue weighted by Gasteiger charge is 2.18. The van der Waals surface area contributed by atoms with Crippen molar-refractivity contribution in [3.05, 3.63) is 24.3 Å². The fourth-order valence-corrected chi connectivity index (χ4v) is 2.09. The molecule has 22 heavy (non-hydrogen) atoms. The van der Waals surface area contributed by atoms with Crippen molar-refractivity contribution in [3.8, 4) is 0 Å². The minimum Gasteiger partial charge on any atom is -0.444 e. The molecule has 0 bridgehead atoms. The summed E-state index contributed by atoms with van der Waals surface area (Å²) in [6.45, 7) is 10.2. The van der Waals surface area contributed by atoms with Gasteiger partial charge in [-0.15, -0.1) is 0 Å². The zero-order chi connectivity index (χ0) is 16.6. The summed E-state index contributed by atoms with van der Waals surface area (Å²) in [5, 5.41) is 6.30. The van der Waals surface area contributed by atoms with E-state index in [9.17, 15) is 4.79 Å².